The van der Waals surface area contributed by atoms with Crippen molar-refractivity contribution in [2.24, 2.45) is 0 Å². The first-order valence-electron chi connectivity index (χ1n) is 45.8. The molecule has 36 heteroatoms. The minimum Gasteiger partial charge on any atom is -0.507 e. The molecule has 3 N–H and O–H groups in total. The Morgan fingerprint density at radius 2 is 0.755 bits per heavy atom. The lowest BCUT2D eigenvalue weighted by atomic mass is 9.89. The molecule has 6 aliphatic rings. The third-order valence-corrected chi connectivity index (χ3v) is 27.0. The number of aromatic nitrogens is 9. The first-order chi connectivity index (χ1) is 66.0. The standard InChI is InChI=1S/C35H35F3N6O4.C35H36F3N5O4.C33H32F3N5O3/c1-8-24(46)42-14-22-34(47)41(7)33-31(43(22)13-18(42)6)19-12-21(37)26(25-20(36)10-9-11-23(25)45)27(38)30(19)44(35(33)48)32-28(16(2)3)39-15-40-29(32)17(4)5;1-7-25(45)41-15-20-11-12-47-34-32(42(20)14-19(41)6)21-13-23(37)27(26-22(36)9-8-10-24(26)44)28(38)31(21)43(35(34)46)33-29(17(2)3)39-16-40-30(33)18(4)5;1-6-25(43)39-14-19-10-11-20-31(40(19)13-17(39)4)21-12-23(35)27(26-22(34)8-7-9-24(26)42)28(36)32(21)41(33(20)44)30-18(5)37-15-38-29(30)16(2)3/h8-12,15-18,22,45H,1,13-14H2,2-7H3;7-10,13,16-20,44H,1,11-12,14-15H2,2-6H3;6-9,12,15-17,19,42H,1,10-11,13-14H2,2-5H3. The number of aromatic hydroxyl groups is 3. The van der Waals surface area contributed by atoms with E-state index in [9.17, 15) is 48.9 Å². The van der Waals surface area contributed by atoms with Crippen molar-refractivity contribution in [3.63, 3.8) is 0 Å². The molecule has 6 aromatic carbocycles. The number of amides is 4. The van der Waals surface area contributed by atoms with Gasteiger partial charge in [-0.3, -0.25) is 47.3 Å². The van der Waals surface area contributed by atoms with Crippen LogP contribution in [0.5, 0.6) is 23.0 Å². The molecule has 0 saturated carbocycles. The number of halogens is 9. The van der Waals surface area contributed by atoms with Gasteiger partial charge in [-0.2, -0.15) is 0 Å². The number of phenolic OH excluding ortho intramolecular Hbond substituents is 3. The number of carbonyl (C=O) groups is 4. The number of hydrogen-bond acceptors (Lipinski definition) is 20. The zero-order chi connectivity index (χ0) is 100. The number of carbonyl (C=O) groups excluding carboxylic acids is 4. The van der Waals surface area contributed by atoms with Crippen molar-refractivity contribution in [2.75, 3.05) is 72.5 Å². The number of nitrogens with zero attached hydrogens (tertiary/aromatic N) is 16. The molecule has 6 aromatic heterocycles. The van der Waals surface area contributed by atoms with Crippen molar-refractivity contribution in [3.8, 4) is 73.4 Å². The number of benzene rings is 6. The Kier molecular flexibility index (Phi) is 26.4. The van der Waals surface area contributed by atoms with Crippen LogP contribution in [-0.4, -0.2) is 186 Å². The molecular formula is C103H103F9N16O11. The number of pyridine rings is 3. The first kappa shape index (κ1) is 97.3. The van der Waals surface area contributed by atoms with Crippen LogP contribution in [0.2, 0.25) is 0 Å². The molecule has 6 aliphatic heterocycles. The Morgan fingerprint density at radius 3 is 1.15 bits per heavy atom. The number of anilines is 4. The summed E-state index contributed by atoms with van der Waals surface area (Å²) in [6.07, 6.45) is 9.02. The van der Waals surface area contributed by atoms with E-state index in [4.69, 9.17) is 4.74 Å². The Morgan fingerprint density at radius 1 is 0.410 bits per heavy atom. The van der Waals surface area contributed by atoms with Crippen LogP contribution in [-0.2, 0) is 25.6 Å². The van der Waals surface area contributed by atoms with E-state index in [2.05, 4.69) is 49.6 Å². The molecule has 0 spiro atoms. The maximum atomic E-state index is 17.3. The molecule has 0 bridgehead atoms. The van der Waals surface area contributed by atoms with E-state index in [1.54, 1.807) is 28.5 Å². The third kappa shape index (κ3) is 16.2. The monoisotopic (exact) mass is 1910 g/mol. The van der Waals surface area contributed by atoms with E-state index in [1.165, 1.54) is 65.8 Å². The Labute approximate surface area is 793 Å². The maximum Gasteiger partial charge on any atom is 0.300 e. The average molecular weight is 1910 g/mol. The molecule has 12 aromatic rings. The minimum absolute atomic E-state index is 0.00467. The van der Waals surface area contributed by atoms with Crippen molar-refractivity contribution in [1.29, 1.82) is 0 Å². The van der Waals surface area contributed by atoms with E-state index < -0.39 is 143 Å². The van der Waals surface area contributed by atoms with E-state index in [-0.39, 0.29) is 171 Å². The summed E-state index contributed by atoms with van der Waals surface area (Å²) in [6, 6.07) is 10.5. The number of phenols is 3. The lowest BCUT2D eigenvalue weighted by molar-refractivity contribution is -0.131. The maximum absolute atomic E-state index is 17.3. The fourth-order valence-electron chi connectivity index (χ4n) is 20.5. The van der Waals surface area contributed by atoms with Crippen molar-refractivity contribution >= 4 is 79.1 Å². The fourth-order valence-corrected chi connectivity index (χ4v) is 20.5. The molecule has 724 valence electrons. The highest BCUT2D eigenvalue weighted by Crippen LogP contribution is 2.52. The summed E-state index contributed by atoms with van der Waals surface area (Å²) in [5.74, 6) is -15.1. The van der Waals surface area contributed by atoms with Gasteiger partial charge in [0.1, 0.15) is 82.9 Å². The van der Waals surface area contributed by atoms with E-state index >= 15 is 39.5 Å². The molecule has 0 radical (unpaired) electrons. The summed E-state index contributed by atoms with van der Waals surface area (Å²) in [7, 11) is 1.40. The number of fused-ring (bicyclic) bond motifs is 15. The number of likely N-dealkylation sites (N-methyl/N-ethyl adjacent to an activating group) is 1. The second-order valence-corrected chi connectivity index (χ2v) is 37.3. The molecule has 18 rings (SSSR count). The highest BCUT2D eigenvalue weighted by atomic mass is 19.2. The van der Waals surface area contributed by atoms with Crippen LogP contribution in [0.4, 0.5) is 62.3 Å². The quantitative estimate of drug-likeness (QED) is 0.0673. The van der Waals surface area contributed by atoms with Gasteiger partial charge in [0.15, 0.2) is 17.5 Å². The van der Waals surface area contributed by atoms with Gasteiger partial charge in [0, 0.05) is 92.1 Å². The molecule has 27 nitrogen and oxygen atoms in total. The number of rotatable bonds is 14. The lowest BCUT2D eigenvalue weighted by Crippen LogP contribution is -2.66. The van der Waals surface area contributed by atoms with Gasteiger partial charge in [-0.05, 0) is 143 Å². The van der Waals surface area contributed by atoms with E-state index in [0.717, 1.165) is 74.7 Å². The number of aryl methyl sites for hydroxylation is 1. The van der Waals surface area contributed by atoms with E-state index in [0.29, 0.717) is 77.8 Å². The summed E-state index contributed by atoms with van der Waals surface area (Å²) < 4.78 is 156. The number of hydrogen-bond donors (Lipinski definition) is 3. The van der Waals surface area contributed by atoms with Crippen LogP contribution in [0.3, 0.4) is 0 Å². The lowest BCUT2D eigenvalue weighted by Gasteiger charge is -2.50. The minimum atomic E-state index is -1.30. The largest absolute Gasteiger partial charge is 0.507 e. The Hall–Kier alpha value is -14.7. The predicted molar refractivity (Wildman–Crippen MR) is 511 cm³/mol. The molecule has 4 amide bonds. The van der Waals surface area contributed by atoms with Crippen LogP contribution in [0.25, 0.3) is 83.2 Å². The normalized spacial score (nSPS) is 17.8. The molecule has 12 heterocycles. The van der Waals surface area contributed by atoms with Crippen LogP contribution in [0, 0.1) is 59.3 Å². The summed E-state index contributed by atoms with van der Waals surface area (Å²) >= 11 is 0. The van der Waals surface area contributed by atoms with Gasteiger partial charge in [0.25, 0.3) is 22.6 Å². The summed E-state index contributed by atoms with van der Waals surface area (Å²) in [5.41, 5.74) is -3.45. The number of ether oxygens (including phenoxy) is 1. The second kappa shape index (κ2) is 37.6. The van der Waals surface area contributed by atoms with Gasteiger partial charge in [0.2, 0.25) is 23.5 Å². The van der Waals surface area contributed by atoms with Crippen molar-refractivity contribution in [3.05, 3.63) is 253 Å². The van der Waals surface area contributed by atoms with Gasteiger partial charge >= 0.3 is 0 Å². The van der Waals surface area contributed by atoms with Gasteiger partial charge in [-0.15, -0.1) is 0 Å². The summed E-state index contributed by atoms with van der Waals surface area (Å²) in [5, 5.41) is 31.8. The van der Waals surface area contributed by atoms with Crippen molar-refractivity contribution in [2.45, 2.75) is 182 Å². The Bertz CT molecular complexity index is 7250. The highest BCUT2D eigenvalue weighted by molar-refractivity contribution is 6.13. The fraction of sp³-hybridized carbons (Fsp3) is 0.350. The van der Waals surface area contributed by atoms with Gasteiger partial charge in [-0.1, -0.05) is 107 Å². The van der Waals surface area contributed by atoms with Gasteiger partial charge < -0.3 is 54.4 Å². The van der Waals surface area contributed by atoms with Crippen LogP contribution >= 0.6 is 0 Å². The van der Waals surface area contributed by atoms with Crippen LogP contribution in [0.15, 0.2) is 144 Å². The van der Waals surface area contributed by atoms with Gasteiger partial charge in [0.05, 0.1) is 137 Å². The second-order valence-electron chi connectivity index (χ2n) is 37.3. The Balaban J connectivity index is 0.000000151. The smallest absolute Gasteiger partial charge is 0.300 e. The predicted octanol–water partition coefficient (Wildman–Crippen LogP) is 17.1. The first-order valence-corrected chi connectivity index (χ1v) is 45.8. The van der Waals surface area contributed by atoms with Crippen molar-refractivity contribution in [1.82, 2.24) is 58.3 Å². The number of piperazine rings is 3. The van der Waals surface area contributed by atoms with Crippen LogP contribution < -0.4 is 41.0 Å². The molecular weight excluding hydrogens is 1810 g/mol. The molecule has 139 heavy (non-hydrogen) atoms. The molecule has 3 saturated heterocycles. The topological polar surface area (TPSA) is 304 Å². The third-order valence-electron chi connectivity index (χ3n) is 27.0. The molecule has 0 aliphatic carbocycles. The van der Waals surface area contributed by atoms with Gasteiger partial charge in [-0.25, -0.2) is 69.4 Å². The molecule has 6 atom stereocenters. The van der Waals surface area contributed by atoms with Crippen molar-refractivity contribution < 1.29 is 78.7 Å². The summed E-state index contributed by atoms with van der Waals surface area (Å²) in [4.78, 5) is 134. The molecule has 6 unspecified atom stereocenters. The average Bonchev–Trinajstić information content (AvgIpc) is 1.55. The summed E-state index contributed by atoms with van der Waals surface area (Å²) in [6.45, 7) is 37.8. The van der Waals surface area contributed by atoms with Crippen LogP contribution in [0.1, 0.15) is 172 Å². The molecule has 3 fully saturated rings. The SMILES string of the molecule is C=CC(=O)N1CC2C(=O)N(C)c3c(c4cc(F)c(-c5c(O)cccc5F)c(F)c4n(-c4c(C(C)C)ncnc4C(C)C)c3=O)N2CC1C.C=CC(=O)N1CC2CCOc3c(c4cc(F)c(-c5c(O)cccc5F)c(F)c4n(-c4c(C(C)C)ncnc4C(C)C)c3=O)N2CC1C.C=CC(=O)N1CC2CCc3c(c4cc(F)c(-c5c(O)cccc5F)c(F)c4n(-c4c(C)ncnc4C(C)C)c3=O)N2CC1C. The van der Waals surface area contributed by atoms with E-state index in [1.807, 2.05) is 92.9 Å². The highest BCUT2D eigenvalue weighted by Gasteiger charge is 2.49. The zero-order valence-corrected chi connectivity index (χ0v) is 79.1. The zero-order valence-electron chi connectivity index (χ0n) is 79.1.